The van der Waals surface area contributed by atoms with Gasteiger partial charge < -0.3 is 4.42 Å². The number of fused-ring (bicyclic) bond motifs is 2. The summed E-state index contributed by atoms with van der Waals surface area (Å²) >= 11 is 0. The van der Waals surface area contributed by atoms with Crippen LogP contribution in [0.4, 0.5) is 0 Å². The standard InChI is InChI=1S/C19H14N2O2/c1-2-14-18(21-16-9-5-4-8-15(16)20-14)13-11-12-7-3-6-10-17(12)23-19(13)22/h3-11H,2H2,1H3. The topological polar surface area (TPSA) is 56.0 Å². The van der Waals surface area contributed by atoms with E-state index in [1.165, 1.54) is 0 Å². The van der Waals surface area contributed by atoms with Gasteiger partial charge in [0.2, 0.25) is 0 Å². The number of aromatic nitrogens is 2. The molecule has 112 valence electrons. The summed E-state index contributed by atoms with van der Waals surface area (Å²) in [5.41, 5.74) is 3.65. The van der Waals surface area contributed by atoms with Crippen molar-refractivity contribution in [3.05, 3.63) is 70.7 Å². The summed E-state index contributed by atoms with van der Waals surface area (Å²) < 4.78 is 5.44. The summed E-state index contributed by atoms with van der Waals surface area (Å²) in [6, 6.07) is 17.0. The maximum absolute atomic E-state index is 12.4. The van der Waals surface area contributed by atoms with E-state index in [-0.39, 0.29) is 5.63 Å². The molecule has 0 saturated heterocycles. The number of rotatable bonds is 2. The molecule has 0 N–H and O–H groups in total. The molecule has 0 aliphatic rings. The summed E-state index contributed by atoms with van der Waals surface area (Å²) in [6.07, 6.45) is 0.694. The van der Waals surface area contributed by atoms with Gasteiger partial charge in [0.05, 0.1) is 28.0 Å². The van der Waals surface area contributed by atoms with Gasteiger partial charge in [0, 0.05) is 5.39 Å². The van der Waals surface area contributed by atoms with Gasteiger partial charge in [-0.05, 0) is 30.7 Å². The predicted octanol–water partition coefficient (Wildman–Crippen LogP) is 3.97. The summed E-state index contributed by atoms with van der Waals surface area (Å²) in [6.45, 7) is 2.00. The van der Waals surface area contributed by atoms with Crippen molar-refractivity contribution in [3.8, 4) is 11.3 Å². The fraction of sp³-hybridized carbons (Fsp3) is 0.105. The lowest BCUT2D eigenvalue weighted by atomic mass is 10.1. The van der Waals surface area contributed by atoms with Gasteiger partial charge in [-0.1, -0.05) is 37.3 Å². The Morgan fingerprint density at radius 3 is 2.43 bits per heavy atom. The zero-order valence-electron chi connectivity index (χ0n) is 12.6. The van der Waals surface area contributed by atoms with Gasteiger partial charge >= 0.3 is 5.63 Å². The number of benzene rings is 2. The van der Waals surface area contributed by atoms with Gasteiger partial charge in [-0.15, -0.1) is 0 Å². The van der Waals surface area contributed by atoms with Gasteiger partial charge in [-0.25, -0.2) is 14.8 Å². The van der Waals surface area contributed by atoms with E-state index in [4.69, 9.17) is 4.42 Å². The highest BCUT2D eigenvalue weighted by Crippen LogP contribution is 2.24. The first-order chi connectivity index (χ1) is 11.3. The van der Waals surface area contributed by atoms with Crippen molar-refractivity contribution in [2.75, 3.05) is 0 Å². The second-order valence-electron chi connectivity index (χ2n) is 5.35. The van der Waals surface area contributed by atoms with Gasteiger partial charge in [0.25, 0.3) is 0 Å². The van der Waals surface area contributed by atoms with Crippen LogP contribution in [-0.2, 0) is 6.42 Å². The van der Waals surface area contributed by atoms with Crippen LogP contribution in [0.25, 0.3) is 33.3 Å². The van der Waals surface area contributed by atoms with Crippen LogP contribution in [0.2, 0.25) is 0 Å². The van der Waals surface area contributed by atoms with Gasteiger partial charge in [-0.3, -0.25) is 0 Å². The Balaban J connectivity index is 2.05. The largest absolute Gasteiger partial charge is 0.422 e. The van der Waals surface area contributed by atoms with E-state index in [0.29, 0.717) is 23.3 Å². The summed E-state index contributed by atoms with van der Waals surface area (Å²) in [5.74, 6) is 0. The quantitative estimate of drug-likeness (QED) is 0.526. The predicted molar refractivity (Wildman–Crippen MR) is 90.4 cm³/mol. The second kappa shape index (κ2) is 5.32. The van der Waals surface area contributed by atoms with E-state index in [0.717, 1.165) is 22.1 Å². The molecule has 0 aliphatic carbocycles. The molecule has 0 atom stereocenters. The average molecular weight is 302 g/mol. The molecule has 0 spiro atoms. The van der Waals surface area contributed by atoms with E-state index in [2.05, 4.69) is 9.97 Å². The molecule has 23 heavy (non-hydrogen) atoms. The lowest BCUT2D eigenvalue weighted by Gasteiger charge is -2.08. The highest BCUT2D eigenvalue weighted by Gasteiger charge is 2.15. The van der Waals surface area contributed by atoms with Crippen LogP contribution in [0, 0.1) is 0 Å². The first kappa shape index (κ1) is 13.6. The number of aryl methyl sites for hydroxylation is 1. The smallest absolute Gasteiger partial charge is 0.345 e. The molecule has 0 fully saturated rings. The highest BCUT2D eigenvalue weighted by molar-refractivity contribution is 5.83. The molecule has 0 radical (unpaired) electrons. The molecule has 4 aromatic rings. The van der Waals surface area contributed by atoms with Crippen LogP contribution in [0.3, 0.4) is 0 Å². The molecule has 0 unspecified atom stereocenters. The normalized spacial score (nSPS) is 11.2. The van der Waals surface area contributed by atoms with Gasteiger partial charge in [-0.2, -0.15) is 0 Å². The van der Waals surface area contributed by atoms with Crippen LogP contribution in [-0.4, -0.2) is 9.97 Å². The van der Waals surface area contributed by atoms with Crippen molar-refractivity contribution < 1.29 is 4.42 Å². The van der Waals surface area contributed by atoms with Crippen molar-refractivity contribution in [3.63, 3.8) is 0 Å². The Bertz CT molecular complexity index is 1080. The molecular formula is C19H14N2O2. The average Bonchev–Trinajstić information content (AvgIpc) is 2.60. The molecule has 0 saturated carbocycles. The minimum Gasteiger partial charge on any atom is -0.422 e. The van der Waals surface area contributed by atoms with Crippen LogP contribution < -0.4 is 5.63 Å². The number of nitrogens with zero attached hydrogens (tertiary/aromatic N) is 2. The summed E-state index contributed by atoms with van der Waals surface area (Å²) in [7, 11) is 0. The maximum Gasteiger partial charge on any atom is 0.345 e. The van der Waals surface area contributed by atoms with Crippen LogP contribution in [0.1, 0.15) is 12.6 Å². The Morgan fingerprint density at radius 2 is 1.65 bits per heavy atom. The fourth-order valence-electron chi connectivity index (χ4n) is 2.73. The third-order valence-corrected chi connectivity index (χ3v) is 3.87. The fourth-order valence-corrected chi connectivity index (χ4v) is 2.73. The number of hydrogen-bond acceptors (Lipinski definition) is 4. The summed E-state index contributed by atoms with van der Waals surface area (Å²) in [4.78, 5) is 21.7. The highest BCUT2D eigenvalue weighted by atomic mass is 16.4. The molecule has 2 heterocycles. The third-order valence-electron chi connectivity index (χ3n) is 3.87. The van der Waals surface area contributed by atoms with Gasteiger partial charge in [0.1, 0.15) is 5.58 Å². The van der Waals surface area contributed by atoms with Crippen molar-refractivity contribution in [2.24, 2.45) is 0 Å². The van der Waals surface area contributed by atoms with E-state index in [1.807, 2.05) is 55.5 Å². The van der Waals surface area contributed by atoms with Crippen molar-refractivity contribution in [1.29, 1.82) is 0 Å². The van der Waals surface area contributed by atoms with Crippen molar-refractivity contribution in [1.82, 2.24) is 9.97 Å². The van der Waals surface area contributed by atoms with Crippen molar-refractivity contribution in [2.45, 2.75) is 13.3 Å². The monoisotopic (exact) mass is 302 g/mol. The second-order valence-corrected chi connectivity index (χ2v) is 5.35. The lowest BCUT2D eigenvalue weighted by molar-refractivity contribution is 0.563. The number of para-hydroxylation sites is 3. The van der Waals surface area contributed by atoms with E-state index < -0.39 is 0 Å². The Hall–Kier alpha value is -3.01. The number of hydrogen-bond donors (Lipinski definition) is 0. The molecule has 4 nitrogen and oxygen atoms in total. The third kappa shape index (κ3) is 2.28. The first-order valence-electron chi connectivity index (χ1n) is 7.55. The van der Waals surface area contributed by atoms with E-state index in [9.17, 15) is 4.79 Å². The zero-order valence-corrected chi connectivity index (χ0v) is 12.6. The van der Waals surface area contributed by atoms with Crippen LogP contribution in [0.15, 0.2) is 63.8 Å². The molecule has 2 aromatic carbocycles. The first-order valence-corrected chi connectivity index (χ1v) is 7.55. The molecule has 0 amide bonds. The molecule has 0 aliphatic heterocycles. The van der Waals surface area contributed by atoms with Crippen LogP contribution >= 0.6 is 0 Å². The Kier molecular flexibility index (Phi) is 3.15. The summed E-state index contributed by atoms with van der Waals surface area (Å²) in [5, 5.41) is 0.874. The van der Waals surface area contributed by atoms with Crippen LogP contribution in [0.5, 0.6) is 0 Å². The lowest BCUT2D eigenvalue weighted by Crippen LogP contribution is -2.07. The minimum absolute atomic E-state index is 0.386. The molecule has 4 heteroatoms. The zero-order chi connectivity index (χ0) is 15.8. The van der Waals surface area contributed by atoms with E-state index in [1.54, 1.807) is 6.07 Å². The SMILES string of the molecule is CCc1nc2ccccc2nc1-c1cc2ccccc2oc1=O. The maximum atomic E-state index is 12.4. The molecule has 2 aromatic heterocycles. The molecular weight excluding hydrogens is 288 g/mol. The Labute approximate surface area is 132 Å². The van der Waals surface area contributed by atoms with Gasteiger partial charge in [0.15, 0.2) is 0 Å². The van der Waals surface area contributed by atoms with Crippen molar-refractivity contribution >= 4 is 22.0 Å². The minimum atomic E-state index is -0.386. The Morgan fingerprint density at radius 1 is 0.957 bits per heavy atom. The van der Waals surface area contributed by atoms with E-state index >= 15 is 0 Å². The molecule has 4 rings (SSSR count). The molecule has 0 bridgehead atoms.